The number of nitrogens with one attached hydrogen (secondary N) is 1. The average molecular weight is 237 g/mol. The van der Waals surface area contributed by atoms with E-state index in [-0.39, 0.29) is 23.9 Å². The van der Waals surface area contributed by atoms with Crippen molar-refractivity contribution in [2.24, 2.45) is 0 Å². The summed E-state index contributed by atoms with van der Waals surface area (Å²) in [5, 5.41) is 2.87. The van der Waals surface area contributed by atoms with E-state index in [2.05, 4.69) is 5.32 Å². The third-order valence-electron chi connectivity index (χ3n) is 2.99. The van der Waals surface area contributed by atoms with Crippen LogP contribution in [0.4, 0.5) is 4.39 Å². The number of carbonyl (C=O) groups excluding carboxylic acids is 1. The van der Waals surface area contributed by atoms with E-state index in [1.165, 1.54) is 24.3 Å². The Morgan fingerprint density at radius 2 is 2.18 bits per heavy atom. The first-order valence-electron chi connectivity index (χ1n) is 5.85. The zero-order chi connectivity index (χ0) is 12.3. The summed E-state index contributed by atoms with van der Waals surface area (Å²) in [6.45, 7) is 2.69. The highest BCUT2D eigenvalue weighted by Crippen LogP contribution is 2.15. The number of ether oxygens (including phenoxy) is 1. The van der Waals surface area contributed by atoms with Crippen molar-refractivity contribution in [2.45, 2.75) is 31.9 Å². The SMILES string of the molecule is CC(NC(=O)c1ccc(F)cc1)C1CCCO1. The highest BCUT2D eigenvalue weighted by Gasteiger charge is 2.23. The summed E-state index contributed by atoms with van der Waals surface area (Å²) in [6, 6.07) is 5.51. The van der Waals surface area contributed by atoms with Crippen molar-refractivity contribution in [3.8, 4) is 0 Å². The highest BCUT2D eigenvalue weighted by molar-refractivity contribution is 5.94. The van der Waals surface area contributed by atoms with Crippen LogP contribution in [-0.2, 0) is 4.74 Å². The quantitative estimate of drug-likeness (QED) is 0.874. The minimum absolute atomic E-state index is 0.0185. The topological polar surface area (TPSA) is 38.3 Å². The van der Waals surface area contributed by atoms with Gasteiger partial charge in [0.05, 0.1) is 12.1 Å². The smallest absolute Gasteiger partial charge is 0.251 e. The molecule has 17 heavy (non-hydrogen) atoms. The van der Waals surface area contributed by atoms with Gasteiger partial charge in [-0.25, -0.2) is 4.39 Å². The summed E-state index contributed by atoms with van der Waals surface area (Å²) in [5.74, 6) is -0.526. The summed E-state index contributed by atoms with van der Waals surface area (Å²) in [7, 11) is 0. The number of carbonyl (C=O) groups is 1. The second-order valence-electron chi connectivity index (χ2n) is 4.32. The van der Waals surface area contributed by atoms with E-state index >= 15 is 0 Å². The fourth-order valence-corrected chi connectivity index (χ4v) is 1.98. The van der Waals surface area contributed by atoms with E-state index in [0.29, 0.717) is 5.56 Å². The van der Waals surface area contributed by atoms with Gasteiger partial charge >= 0.3 is 0 Å². The Morgan fingerprint density at radius 1 is 1.47 bits per heavy atom. The molecule has 2 rings (SSSR count). The molecular weight excluding hydrogens is 221 g/mol. The van der Waals surface area contributed by atoms with Crippen LogP contribution in [0.3, 0.4) is 0 Å². The van der Waals surface area contributed by atoms with Crippen LogP contribution < -0.4 is 5.32 Å². The molecule has 92 valence electrons. The fourth-order valence-electron chi connectivity index (χ4n) is 1.98. The van der Waals surface area contributed by atoms with Gasteiger partial charge in [0.2, 0.25) is 0 Å². The zero-order valence-corrected chi connectivity index (χ0v) is 9.78. The molecule has 0 radical (unpaired) electrons. The molecular formula is C13H16FNO2. The lowest BCUT2D eigenvalue weighted by Crippen LogP contribution is -2.40. The molecule has 0 aromatic heterocycles. The molecule has 1 saturated heterocycles. The lowest BCUT2D eigenvalue weighted by Gasteiger charge is -2.19. The van der Waals surface area contributed by atoms with E-state index in [0.717, 1.165) is 19.4 Å². The molecule has 1 aromatic carbocycles. The number of benzene rings is 1. The molecule has 1 aromatic rings. The van der Waals surface area contributed by atoms with Crippen LogP contribution in [0, 0.1) is 5.82 Å². The van der Waals surface area contributed by atoms with Crippen LogP contribution in [-0.4, -0.2) is 24.7 Å². The van der Waals surface area contributed by atoms with Gasteiger partial charge in [0.25, 0.3) is 5.91 Å². The predicted octanol–water partition coefficient (Wildman–Crippen LogP) is 2.12. The predicted molar refractivity (Wildman–Crippen MR) is 62.3 cm³/mol. The largest absolute Gasteiger partial charge is 0.376 e. The Balaban J connectivity index is 1.94. The monoisotopic (exact) mass is 237 g/mol. The summed E-state index contributed by atoms with van der Waals surface area (Å²) in [5.41, 5.74) is 0.469. The Kier molecular flexibility index (Phi) is 3.74. The second kappa shape index (κ2) is 5.27. The molecule has 1 N–H and O–H groups in total. The summed E-state index contributed by atoms with van der Waals surface area (Å²) < 4.78 is 18.2. The van der Waals surface area contributed by atoms with Gasteiger partial charge in [0.15, 0.2) is 0 Å². The van der Waals surface area contributed by atoms with Gasteiger partial charge < -0.3 is 10.1 Å². The van der Waals surface area contributed by atoms with Crippen molar-refractivity contribution in [2.75, 3.05) is 6.61 Å². The minimum atomic E-state index is -0.339. The van der Waals surface area contributed by atoms with Gasteiger partial charge in [0.1, 0.15) is 5.82 Å². The van der Waals surface area contributed by atoms with Gasteiger partial charge in [-0.05, 0) is 44.0 Å². The molecule has 3 nitrogen and oxygen atoms in total. The maximum absolute atomic E-state index is 12.7. The van der Waals surface area contributed by atoms with Crippen LogP contribution >= 0.6 is 0 Å². The molecule has 0 spiro atoms. The van der Waals surface area contributed by atoms with E-state index in [9.17, 15) is 9.18 Å². The highest BCUT2D eigenvalue weighted by atomic mass is 19.1. The van der Waals surface area contributed by atoms with Crippen LogP contribution in [0.1, 0.15) is 30.1 Å². The molecule has 0 saturated carbocycles. The first-order chi connectivity index (χ1) is 8.16. The van der Waals surface area contributed by atoms with Crippen molar-refractivity contribution in [3.63, 3.8) is 0 Å². The first kappa shape index (κ1) is 12.0. The minimum Gasteiger partial charge on any atom is -0.376 e. The number of rotatable bonds is 3. The maximum Gasteiger partial charge on any atom is 0.251 e. The van der Waals surface area contributed by atoms with Crippen molar-refractivity contribution in [1.82, 2.24) is 5.32 Å². The van der Waals surface area contributed by atoms with Crippen LogP contribution in [0.25, 0.3) is 0 Å². The number of hydrogen-bond acceptors (Lipinski definition) is 2. The summed E-state index contributed by atoms with van der Waals surface area (Å²) in [6.07, 6.45) is 2.12. The van der Waals surface area contributed by atoms with E-state index < -0.39 is 0 Å². The Bertz CT molecular complexity index is 385. The molecule has 1 amide bonds. The Labute approximate surface area is 100.0 Å². The van der Waals surface area contributed by atoms with Crippen molar-refractivity contribution in [1.29, 1.82) is 0 Å². The van der Waals surface area contributed by atoms with E-state index in [1.54, 1.807) is 0 Å². The summed E-state index contributed by atoms with van der Waals surface area (Å²) >= 11 is 0. The van der Waals surface area contributed by atoms with Crippen LogP contribution in [0.15, 0.2) is 24.3 Å². The molecule has 2 unspecified atom stereocenters. The molecule has 1 heterocycles. The number of amides is 1. The van der Waals surface area contributed by atoms with Crippen molar-refractivity contribution < 1.29 is 13.9 Å². The van der Waals surface area contributed by atoms with Crippen molar-refractivity contribution >= 4 is 5.91 Å². The molecule has 4 heteroatoms. The van der Waals surface area contributed by atoms with Crippen molar-refractivity contribution in [3.05, 3.63) is 35.6 Å². The van der Waals surface area contributed by atoms with E-state index in [1.807, 2.05) is 6.92 Å². The van der Waals surface area contributed by atoms with Gasteiger partial charge in [0, 0.05) is 12.2 Å². The third kappa shape index (κ3) is 3.03. The normalized spacial score (nSPS) is 21.2. The second-order valence-corrected chi connectivity index (χ2v) is 4.32. The van der Waals surface area contributed by atoms with Gasteiger partial charge in [-0.1, -0.05) is 0 Å². The van der Waals surface area contributed by atoms with Crippen LogP contribution in [0.5, 0.6) is 0 Å². The lowest BCUT2D eigenvalue weighted by molar-refractivity contribution is 0.0712. The molecule has 2 atom stereocenters. The lowest BCUT2D eigenvalue weighted by atomic mass is 10.1. The number of hydrogen-bond donors (Lipinski definition) is 1. The fraction of sp³-hybridized carbons (Fsp3) is 0.462. The van der Waals surface area contributed by atoms with Gasteiger partial charge in [-0.15, -0.1) is 0 Å². The molecule has 1 fully saturated rings. The van der Waals surface area contributed by atoms with Crippen LogP contribution in [0.2, 0.25) is 0 Å². The maximum atomic E-state index is 12.7. The third-order valence-corrected chi connectivity index (χ3v) is 2.99. The van der Waals surface area contributed by atoms with Gasteiger partial charge in [-0.3, -0.25) is 4.79 Å². The Morgan fingerprint density at radius 3 is 2.76 bits per heavy atom. The van der Waals surface area contributed by atoms with E-state index in [4.69, 9.17) is 4.74 Å². The number of halogens is 1. The first-order valence-corrected chi connectivity index (χ1v) is 5.85. The molecule has 0 bridgehead atoms. The zero-order valence-electron chi connectivity index (χ0n) is 9.78. The molecule has 1 aliphatic rings. The Hall–Kier alpha value is -1.42. The molecule has 0 aliphatic carbocycles. The standard InChI is InChI=1S/C13H16FNO2/c1-9(12-3-2-8-17-12)15-13(16)10-4-6-11(14)7-5-10/h4-7,9,12H,2-3,8H2,1H3,(H,15,16). The van der Waals surface area contributed by atoms with Gasteiger partial charge in [-0.2, -0.15) is 0 Å². The molecule has 1 aliphatic heterocycles. The summed E-state index contributed by atoms with van der Waals surface area (Å²) in [4.78, 5) is 11.8. The average Bonchev–Trinajstić information content (AvgIpc) is 2.83.